The van der Waals surface area contributed by atoms with Crippen molar-refractivity contribution in [2.45, 2.75) is 25.3 Å². The highest BCUT2D eigenvalue weighted by Gasteiger charge is 2.25. The number of nitrogens with one attached hydrogen (secondary N) is 1. The van der Waals surface area contributed by atoms with E-state index in [0.717, 1.165) is 38.2 Å². The van der Waals surface area contributed by atoms with Gasteiger partial charge in [0.25, 0.3) is 0 Å². The zero-order valence-electron chi connectivity index (χ0n) is 16.7. The first-order chi connectivity index (χ1) is 13.6. The molecule has 0 radical (unpaired) electrons. The normalized spacial score (nSPS) is 18.1. The first kappa shape index (κ1) is 20.4. The van der Waals surface area contributed by atoms with Crippen molar-refractivity contribution in [1.82, 2.24) is 15.1 Å². The van der Waals surface area contributed by atoms with E-state index >= 15 is 0 Å². The third kappa shape index (κ3) is 5.81. The van der Waals surface area contributed by atoms with Gasteiger partial charge in [-0.05, 0) is 37.1 Å². The predicted molar refractivity (Wildman–Crippen MR) is 112 cm³/mol. The average Bonchev–Trinajstić information content (AvgIpc) is 2.72. The van der Waals surface area contributed by atoms with Crippen LogP contribution in [0.25, 0.3) is 0 Å². The van der Waals surface area contributed by atoms with Crippen LogP contribution in [0.4, 0.5) is 0 Å². The molecule has 2 aromatic carbocycles. The summed E-state index contributed by atoms with van der Waals surface area (Å²) in [5.74, 6) is 0.304. The number of carbonyl (C=O) groups excluding carboxylic acids is 1. The van der Waals surface area contributed by atoms with Crippen molar-refractivity contribution < 1.29 is 9.90 Å². The molecule has 1 atom stereocenters. The number of benzene rings is 2. The number of rotatable bonds is 8. The maximum absolute atomic E-state index is 12.1. The van der Waals surface area contributed by atoms with Crippen LogP contribution in [-0.2, 0) is 11.2 Å². The summed E-state index contributed by atoms with van der Waals surface area (Å²) in [6.07, 6.45) is 1.90. The number of aryl methyl sites for hydroxylation is 1. The van der Waals surface area contributed by atoms with Crippen molar-refractivity contribution in [1.29, 1.82) is 0 Å². The van der Waals surface area contributed by atoms with Gasteiger partial charge in [-0.25, -0.2) is 0 Å². The lowest BCUT2D eigenvalue weighted by molar-refractivity contribution is -0.121. The molecule has 5 heteroatoms. The number of nitrogens with zero attached hydrogens (tertiary/aromatic N) is 2. The van der Waals surface area contributed by atoms with Gasteiger partial charge in [-0.15, -0.1) is 0 Å². The molecular weight excluding hydrogens is 350 g/mol. The Hall–Kier alpha value is -2.37. The molecule has 2 N–H and O–H groups in total. The lowest BCUT2D eigenvalue weighted by atomic mass is 10.0. The monoisotopic (exact) mass is 381 g/mol. The Morgan fingerprint density at radius 3 is 2.64 bits per heavy atom. The van der Waals surface area contributed by atoms with Gasteiger partial charge in [-0.3, -0.25) is 9.69 Å². The molecule has 1 heterocycles. The topological polar surface area (TPSA) is 55.8 Å². The highest BCUT2D eigenvalue weighted by atomic mass is 16.3. The van der Waals surface area contributed by atoms with E-state index in [4.69, 9.17) is 0 Å². The predicted octanol–water partition coefficient (Wildman–Crippen LogP) is 2.82. The summed E-state index contributed by atoms with van der Waals surface area (Å²) in [6, 6.07) is 18.3. The number of phenols is 1. The lowest BCUT2D eigenvalue weighted by Crippen LogP contribution is -2.47. The third-order valence-electron chi connectivity index (χ3n) is 5.44. The van der Waals surface area contributed by atoms with Gasteiger partial charge in [0.05, 0.1) is 0 Å². The molecule has 0 spiro atoms. The number of amides is 1. The fourth-order valence-corrected chi connectivity index (χ4v) is 3.78. The summed E-state index contributed by atoms with van der Waals surface area (Å²) in [7, 11) is 2.18. The second-order valence-electron chi connectivity index (χ2n) is 7.56. The Morgan fingerprint density at radius 2 is 1.86 bits per heavy atom. The minimum Gasteiger partial charge on any atom is -0.508 e. The van der Waals surface area contributed by atoms with E-state index in [1.54, 1.807) is 12.1 Å². The van der Waals surface area contributed by atoms with E-state index < -0.39 is 0 Å². The highest BCUT2D eigenvalue weighted by molar-refractivity contribution is 5.76. The Morgan fingerprint density at radius 1 is 1.11 bits per heavy atom. The van der Waals surface area contributed by atoms with Gasteiger partial charge in [-0.2, -0.15) is 0 Å². The van der Waals surface area contributed by atoms with Crippen molar-refractivity contribution in [3.05, 3.63) is 65.7 Å². The Kier molecular flexibility index (Phi) is 7.46. The van der Waals surface area contributed by atoms with E-state index in [0.29, 0.717) is 25.4 Å². The van der Waals surface area contributed by atoms with E-state index in [2.05, 4.69) is 52.5 Å². The number of phenolic OH excluding ortho intramolecular Hbond substituents is 1. The molecule has 0 saturated carbocycles. The number of piperazine rings is 1. The van der Waals surface area contributed by atoms with Crippen LogP contribution in [-0.4, -0.2) is 60.6 Å². The fraction of sp³-hybridized carbons (Fsp3) is 0.435. The number of para-hydroxylation sites is 1. The quantitative estimate of drug-likeness (QED) is 0.691. The Balaban J connectivity index is 1.41. The molecule has 1 aliphatic heterocycles. The number of aromatic hydroxyl groups is 1. The number of carbonyl (C=O) groups is 1. The van der Waals surface area contributed by atoms with Crippen LogP contribution in [0.5, 0.6) is 5.75 Å². The second kappa shape index (κ2) is 10.2. The second-order valence-corrected chi connectivity index (χ2v) is 7.56. The maximum atomic E-state index is 12.1. The fourth-order valence-electron chi connectivity index (χ4n) is 3.78. The van der Waals surface area contributed by atoms with Gasteiger partial charge in [0.15, 0.2) is 0 Å². The molecule has 0 aromatic heterocycles. The van der Waals surface area contributed by atoms with E-state index in [1.807, 2.05) is 12.1 Å². The zero-order valence-corrected chi connectivity index (χ0v) is 16.7. The van der Waals surface area contributed by atoms with E-state index in [1.165, 1.54) is 5.56 Å². The van der Waals surface area contributed by atoms with Crippen LogP contribution in [0.1, 0.15) is 30.0 Å². The van der Waals surface area contributed by atoms with Crippen molar-refractivity contribution in [2.75, 3.05) is 39.8 Å². The lowest BCUT2D eigenvalue weighted by Gasteiger charge is -2.40. The molecular formula is C23H31N3O2. The molecule has 1 amide bonds. The van der Waals surface area contributed by atoms with Crippen molar-refractivity contribution in [3.63, 3.8) is 0 Å². The Bertz CT molecular complexity index is 751. The maximum Gasteiger partial charge on any atom is 0.220 e. The van der Waals surface area contributed by atoms with Gasteiger partial charge >= 0.3 is 0 Å². The van der Waals surface area contributed by atoms with Crippen LogP contribution < -0.4 is 5.32 Å². The minimum atomic E-state index is 0.0428. The molecule has 0 aliphatic carbocycles. The minimum absolute atomic E-state index is 0.0428. The molecule has 1 fully saturated rings. The molecule has 150 valence electrons. The van der Waals surface area contributed by atoms with Gasteiger partial charge in [0.1, 0.15) is 5.75 Å². The van der Waals surface area contributed by atoms with Crippen molar-refractivity contribution in [3.8, 4) is 5.75 Å². The standard InChI is InChI=1S/C23H31N3O2/c1-25-16-17-26(21(18-25)19-8-3-2-4-9-19)15-7-14-24-23(28)13-12-20-10-5-6-11-22(20)27/h2-6,8-11,21,27H,7,12-18H2,1H3,(H,24,28). The molecule has 1 unspecified atom stereocenters. The molecule has 3 rings (SSSR count). The van der Waals surface area contributed by atoms with Crippen molar-refractivity contribution in [2.24, 2.45) is 0 Å². The van der Waals surface area contributed by atoms with E-state index in [9.17, 15) is 9.90 Å². The summed E-state index contributed by atoms with van der Waals surface area (Å²) < 4.78 is 0. The van der Waals surface area contributed by atoms with Gasteiger partial charge in [0, 0.05) is 45.2 Å². The number of hydrogen-bond acceptors (Lipinski definition) is 4. The Labute approximate surface area is 168 Å². The van der Waals surface area contributed by atoms with Crippen LogP contribution in [0.3, 0.4) is 0 Å². The average molecular weight is 382 g/mol. The molecule has 1 saturated heterocycles. The largest absolute Gasteiger partial charge is 0.508 e. The van der Waals surface area contributed by atoms with E-state index in [-0.39, 0.29) is 11.7 Å². The smallest absolute Gasteiger partial charge is 0.220 e. The highest BCUT2D eigenvalue weighted by Crippen LogP contribution is 2.24. The van der Waals surface area contributed by atoms with Crippen LogP contribution in [0, 0.1) is 0 Å². The molecule has 2 aromatic rings. The molecule has 0 bridgehead atoms. The summed E-state index contributed by atoms with van der Waals surface area (Å²) in [4.78, 5) is 17.0. The third-order valence-corrected chi connectivity index (χ3v) is 5.44. The van der Waals surface area contributed by atoms with Crippen LogP contribution >= 0.6 is 0 Å². The summed E-state index contributed by atoms with van der Waals surface area (Å²) >= 11 is 0. The van der Waals surface area contributed by atoms with Crippen LogP contribution in [0.15, 0.2) is 54.6 Å². The molecule has 5 nitrogen and oxygen atoms in total. The summed E-state index contributed by atoms with van der Waals surface area (Å²) in [5, 5.41) is 12.8. The first-order valence-electron chi connectivity index (χ1n) is 10.1. The number of hydrogen-bond donors (Lipinski definition) is 2. The zero-order chi connectivity index (χ0) is 19.8. The number of likely N-dealkylation sites (N-methyl/N-ethyl adjacent to an activating group) is 1. The van der Waals surface area contributed by atoms with Gasteiger partial charge < -0.3 is 15.3 Å². The van der Waals surface area contributed by atoms with Gasteiger partial charge in [0.2, 0.25) is 5.91 Å². The molecule has 28 heavy (non-hydrogen) atoms. The SMILES string of the molecule is CN1CCN(CCCNC(=O)CCc2ccccc2O)C(c2ccccc2)C1. The van der Waals surface area contributed by atoms with Crippen LogP contribution in [0.2, 0.25) is 0 Å². The first-order valence-corrected chi connectivity index (χ1v) is 10.1. The molecule has 1 aliphatic rings. The van der Waals surface area contributed by atoms with Gasteiger partial charge in [-0.1, -0.05) is 48.5 Å². The van der Waals surface area contributed by atoms with Crippen molar-refractivity contribution >= 4 is 5.91 Å². The summed E-state index contributed by atoms with van der Waals surface area (Å²) in [5.41, 5.74) is 2.18. The summed E-state index contributed by atoms with van der Waals surface area (Å²) in [6.45, 7) is 4.84.